The molecule has 16 heavy (non-hydrogen) atoms. The molecule has 1 rings (SSSR count). The Morgan fingerprint density at radius 3 is 2.31 bits per heavy atom. The van der Waals surface area contributed by atoms with E-state index in [0.717, 1.165) is 4.90 Å². The van der Waals surface area contributed by atoms with E-state index in [-0.39, 0.29) is 31.2 Å². The van der Waals surface area contributed by atoms with Crippen molar-refractivity contribution in [2.24, 2.45) is 5.41 Å². The van der Waals surface area contributed by atoms with Crippen LogP contribution in [-0.2, 0) is 9.53 Å². The van der Waals surface area contributed by atoms with Gasteiger partial charge in [-0.1, -0.05) is 20.8 Å². The van der Waals surface area contributed by atoms with Crippen molar-refractivity contribution in [3.63, 3.8) is 0 Å². The molecule has 0 N–H and O–H groups in total. The first kappa shape index (κ1) is 13.3. The maximum atomic E-state index is 12.2. The minimum atomic E-state index is -4.79. The molecule has 0 aliphatic carbocycles. The zero-order valence-corrected chi connectivity index (χ0v) is 9.60. The van der Waals surface area contributed by atoms with Gasteiger partial charge in [-0.15, -0.1) is 0 Å². The number of rotatable bonds is 0. The van der Waals surface area contributed by atoms with Crippen LogP contribution in [0, 0.1) is 5.41 Å². The van der Waals surface area contributed by atoms with Crippen LogP contribution in [0.5, 0.6) is 0 Å². The molecule has 1 aliphatic heterocycles. The first-order valence-corrected chi connectivity index (χ1v) is 5.10. The fourth-order valence-corrected chi connectivity index (χ4v) is 1.54. The van der Waals surface area contributed by atoms with Gasteiger partial charge in [0.25, 0.3) is 0 Å². The molecule has 1 atom stereocenters. The van der Waals surface area contributed by atoms with Crippen molar-refractivity contribution in [2.45, 2.75) is 33.1 Å². The summed E-state index contributed by atoms with van der Waals surface area (Å²) in [5.41, 5.74) is -0.273. The van der Waals surface area contributed by atoms with Gasteiger partial charge in [0.1, 0.15) is 0 Å². The molecule has 0 bridgehead atoms. The molecule has 1 unspecified atom stereocenters. The predicted octanol–water partition coefficient (Wildman–Crippen LogP) is 1.82. The number of carbonyl (C=O) groups excluding carboxylic acids is 1. The monoisotopic (exact) mass is 239 g/mol. The molecule has 1 fully saturated rings. The second-order valence-corrected chi connectivity index (χ2v) is 4.97. The van der Waals surface area contributed by atoms with Crippen molar-refractivity contribution in [2.75, 3.05) is 19.7 Å². The first-order chi connectivity index (χ1) is 7.12. The first-order valence-electron chi connectivity index (χ1n) is 5.10. The SMILES string of the molecule is CC(C)(C)C1CN(C(=O)C(F)(F)F)CCO1. The predicted molar refractivity (Wildman–Crippen MR) is 51.8 cm³/mol. The smallest absolute Gasteiger partial charge is 0.374 e. The molecule has 3 nitrogen and oxygen atoms in total. The van der Waals surface area contributed by atoms with Gasteiger partial charge >= 0.3 is 12.1 Å². The molecule has 6 heteroatoms. The summed E-state index contributed by atoms with van der Waals surface area (Å²) >= 11 is 0. The second kappa shape index (κ2) is 4.24. The van der Waals surface area contributed by atoms with Crippen LogP contribution in [0.15, 0.2) is 0 Å². The highest BCUT2D eigenvalue weighted by atomic mass is 19.4. The Kier molecular flexibility index (Phi) is 3.52. The number of carbonyl (C=O) groups is 1. The summed E-state index contributed by atoms with van der Waals surface area (Å²) in [6, 6.07) is 0. The zero-order chi connectivity index (χ0) is 12.6. The van der Waals surface area contributed by atoms with Crippen molar-refractivity contribution < 1.29 is 22.7 Å². The quantitative estimate of drug-likeness (QED) is 0.645. The molecule has 94 valence electrons. The van der Waals surface area contributed by atoms with Crippen molar-refractivity contribution >= 4 is 5.91 Å². The Morgan fingerprint density at radius 2 is 1.88 bits per heavy atom. The summed E-state index contributed by atoms with van der Waals surface area (Å²) in [5, 5.41) is 0. The topological polar surface area (TPSA) is 29.5 Å². The third kappa shape index (κ3) is 3.10. The van der Waals surface area contributed by atoms with Crippen molar-refractivity contribution in [3.8, 4) is 0 Å². The number of halogens is 3. The van der Waals surface area contributed by atoms with Gasteiger partial charge in [-0.05, 0) is 5.41 Å². The molecule has 1 aliphatic rings. The standard InChI is InChI=1S/C10H16F3NO2/c1-9(2,3)7-6-14(4-5-16-7)8(15)10(11,12)13/h7H,4-6H2,1-3H3. The van der Waals surface area contributed by atoms with E-state index >= 15 is 0 Å². The summed E-state index contributed by atoms with van der Waals surface area (Å²) in [4.78, 5) is 11.9. The van der Waals surface area contributed by atoms with Gasteiger partial charge < -0.3 is 9.64 Å². The molecule has 0 saturated carbocycles. The molecule has 0 aromatic carbocycles. The molecule has 1 amide bonds. The number of alkyl halides is 3. The number of nitrogens with zero attached hydrogens (tertiary/aromatic N) is 1. The zero-order valence-electron chi connectivity index (χ0n) is 9.60. The van der Waals surface area contributed by atoms with E-state index in [4.69, 9.17) is 4.74 Å². The van der Waals surface area contributed by atoms with E-state index in [0.29, 0.717) is 0 Å². The lowest BCUT2D eigenvalue weighted by Crippen LogP contribution is -2.53. The highest BCUT2D eigenvalue weighted by molar-refractivity contribution is 5.81. The summed E-state index contributed by atoms with van der Waals surface area (Å²) in [7, 11) is 0. The third-order valence-corrected chi connectivity index (χ3v) is 2.56. The fraction of sp³-hybridized carbons (Fsp3) is 0.900. The Hall–Kier alpha value is -0.780. The maximum Gasteiger partial charge on any atom is 0.471 e. The summed E-state index contributed by atoms with van der Waals surface area (Å²) in [6.45, 7) is 5.79. The highest BCUT2D eigenvalue weighted by Gasteiger charge is 2.45. The summed E-state index contributed by atoms with van der Waals surface area (Å²) < 4.78 is 42.1. The molecule has 1 heterocycles. The lowest BCUT2D eigenvalue weighted by Gasteiger charge is -2.39. The molecular formula is C10H16F3NO2. The number of amides is 1. The summed E-state index contributed by atoms with van der Waals surface area (Å²) in [5.74, 6) is -1.77. The minimum Gasteiger partial charge on any atom is -0.374 e. The number of hydrogen-bond donors (Lipinski definition) is 0. The Balaban J connectivity index is 2.68. The van der Waals surface area contributed by atoms with Gasteiger partial charge in [-0.2, -0.15) is 13.2 Å². The molecule has 0 radical (unpaired) electrons. The normalized spacial score (nSPS) is 23.4. The van der Waals surface area contributed by atoms with Crippen LogP contribution in [0.25, 0.3) is 0 Å². The van der Waals surface area contributed by atoms with E-state index < -0.39 is 12.1 Å². The molecule has 0 spiro atoms. The average Bonchev–Trinajstić information content (AvgIpc) is 2.14. The Labute approximate surface area is 92.5 Å². The Bertz CT molecular complexity index is 270. The number of ether oxygens (including phenoxy) is 1. The van der Waals surface area contributed by atoms with E-state index in [1.165, 1.54) is 0 Å². The third-order valence-electron chi connectivity index (χ3n) is 2.56. The number of hydrogen-bond acceptors (Lipinski definition) is 2. The van der Waals surface area contributed by atoms with Crippen molar-refractivity contribution in [1.82, 2.24) is 4.90 Å². The molecule has 0 aromatic heterocycles. The molecule has 0 aromatic rings. The van der Waals surface area contributed by atoms with Crippen LogP contribution in [0.4, 0.5) is 13.2 Å². The van der Waals surface area contributed by atoms with E-state index in [1.54, 1.807) is 0 Å². The second-order valence-electron chi connectivity index (χ2n) is 4.97. The molecule has 1 saturated heterocycles. The highest BCUT2D eigenvalue weighted by Crippen LogP contribution is 2.27. The van der Waals surface area contributed by atoms with Crippen LogP contribution >= 0.6 is 0 Å². The van der Waals surface area contributed by atoms with Crippen LogP contribution in [0.3, 0.4) is 0 Å². The van der Waals surface area contributed by atoms with E-state index in [9.17, 15) is 18.0 Å². The largest absolute Gasteiger partial charge is 0.471 e. The van der Waals surface area contributed by atoms with Crippen molar-refractivity contribution in [3.05, 3.63) is 0 Å². The maximum absolute atomic E-state index is 12.2. The lowest BCUT2D eigenvalue weighted by molar-refractivity contribution is -0.193. The van der Waals surface area contributed by atoms with Crippen molar-refractivity contribution in [1.29, 1.82) is 0 Å². The van der Waals surface area contributed by atoms with E-state index in [2.05, 4.69) is 0 Å². The van der Waals surface area contributed by atoms with Gasteiger partial charge in [0.15, 0.2) is 0 Å². The summed E-state index contributed by atoms with van der Waals surface area (Å²) in [6.07, 6.45) is -5.15. The number of morpholine rings is 1. The lowest BCUT2D eigenvalue weighted by atomic mass is 9.88. The average molecular weight is 239 g/mol. The van der Waals surface area contributed by atoms with Crippen LogP contribution < -0.4 is 0 Å². The van der Waals surface area contributed by atoms with Crippen LogP contribution in [0.2, 0.25) is 0 Å². The van der Waals surface area contributed by atoms with Crippen LogP contribution in [-0.4, -0.2) is 42.8 Å². The van der Waals surface area contributed by atoms with Gasteiger partial charge in [0, 0.05) is 13.1 Å². The van der Waals surface area contributed by atoms with Gasteiger partial charge in [-0.25, -0.2) is 0 Å². The Morgan fingerprint density at radius 1 is 1.31 bits per heavy atom. The van der Waals surface area contributed by atoms with Crippen LogP contribution in [0.1, 0.15) is 20.8 Å². The fourth-order valence-electron chi connectivity index (χ4n) is 1.54. The van der Waals surface area contributed by atoms with Gasteiger partial charge in [0.2, 0.25) is 0 Å². The minimum absolute atomic E-state index is 0.00183. The van der Waals surface area contributed by atoms with Gasteiger partial charge in [0.05, 0.1) is 12.7 Å². The van der Waals surface area contributed by atoms with E-state index in [1.807, 2.05) is 20.8 Å². The molecular weight excluding hydrogens is 223 g/mol. The van der Waals surface area contributed by atoms with Gasteiger partial charge in [-0.3, -0.25) is 4.79 Å².